The normalized spacial score (nSPS) is 24.6. The van der Waals surface area contributed by atoms with E-state index in [4.69, 9.17) is 9.72 Å². The van der Waals surface area contributed by atoms with Crippen molar-refractivity contribution in [3.05, 3.63) is 29.3 Å². The third-order valence-electron chi connectivity index (χ3n) is 5.38. The number of ether oxygens (including phenoxy) is 1. The SMILES string of the molecule is C[C@H](Cc1nc2ccccc2s1)N1CCN(C[C@@H]2CCOC2)CC1. The molecule has 24 heavy (non-hydrogen) atoms. The first kappa shape index (κ1) is 16.5. The number of rotatable bonds is 5. The topological polar surface area (TPSA) is 28.6 Å². The van der Waals surface area contributed by atoms with E-state index < -0.39 is 0 Å². The molecule has 1 aromatic carbocycles. The summed E-state index contributed by atoms with van der Waals surface area (Å²) in [6, 6.07) is 9.03. The maximum absolute atomic E-state index is 5.51. The summed E-state index contributed by atoms with van der Waals surface area (Å²) < 4.78 is 6.82. The first-order valence-corrected chi connectivity index (χ1v) is 9.98. The van der Waals surface area contributed by atoms with Gasteiger partial charge in [0.15, 0.2) is 0 Å². The number of para-hydroxylation sites is 1. The van der Waals surface area contributed by atoms with Crippen LogP contribution in [-0.2, 0) is 11.2 Å². The van der Waals surface area contributed by atoms with E-state index in [2.05, 4.69) is 41.0 Å². The lowest BCUT2D eigenvalue weighted by molar-refractivity contribution is 0.0877. The molecular weight excluding hydrogens is 318 g/mol. The maximum Gasteiger partial charge on any atom is 0.0954 e. The first-order valence-electron chi connectivity index (χ1n) is 9.16. The molecule has 2 aromatic rings. The van der Waals surface area contributed by atoms with E-state index >= 15 is 0 Å². The minimum atomic E-state index is 0.572. The average Bonchev–Trinajstić information content (AvgIpc) is 3.24. The summed E-state index contributed by atoms with van der Waals surface area (Å²) in [4.78, 5) is 10.1. The zero-order chi connectivity index (χ0) is 16.4. The van der Waals surface area contributed by atoms with E-state index in [1.807, 2.05) is 11.3 Å². The van der Waals surface area contributed by atoms with Crippen LogP contribution in [0.2, 0.25) is 0 Å². The van der Waals surface area contributed by atoms with Gasteiger partial charge in [-0.2, -0.15) is 0 Å². The summed E-state index contributed by atoms with van der Waals surface area (Å²) in [5.74, 6) is 0.761. The minimum absolute atomic E-state index is 0.572. The minimum Gasteiger partial charge on any atom is -0.381 e. The van der Waals surface area contributed by atoms with E-state index in [0.717, 1.165) is 31.1 Å². The van der Waals surface area contributed by atoms with Gasteiger partial charge in [-0.05, 0) is 31.4 Å². The molecule has 0 spiro atoms. The van der Waals surface area contributed by atoms with Gasteiger partial charge in [-0.15, -0.1) is 11.3 Å². The molecule has 2 fully saturated rings. The van der Waals surface area contributed by atoms with Crippen molar-refractivity contribution in [2.24, 2.45) is 5.92 Å². The number of fused-ring (bicyclic) bond motifs is 1. The zero-order valence-electron chi connectivity index (χ0n) is 14.5. The molecule has 2 saturated heterocycles. The fraction of sp³-hybridized carbons (Fsp3) is 0.632. The Morgan fingerprint density at radius 2 is 2.08 bits per heavy atom. The van der Waals surface area contributed by atoms with Gasteiger partial charge in [0.1, 0.15) is 0 Å². The van der Waals surface area contributed by atoms with Crippen molar-refractivity contribution in [1.82, 2.24) is 14.8 Å². The van der Waals surface area contributed by atoms with Crippen LogP contribution < -0.4 is 0 Å². The second-order valence-corrected chi connectivity index (χ2v) is 8.31. The van der Waals surface area contributed by atoms with Crippen LogP contribution in [0.15, 0.2) is 24.3 Å². The summed E-state index contributed by atoms with van der Waals surface area (Å²) in [5, 5.41) is 1.27. The van der Waals surface area contributed by atoms with Crippen LogP contribution >= 0.6 is 11.3 Å². The molecule has 0 saturated carbocycles. The van der Waals surface area contributed by atoms with Crippen molar-refractivity contribution in [3.63, 3.8) is 0 Å². The highest BCUT2D eigenvalue weighted by molar-refractivity contribution is 7.18. The Bertz CT molecular complexity index is 626. The van der Waals surface area contributed by atoms with Crippen molar-refractivity contribution in [1.29, 1.82) is 0 Å². The number of hydrogen-bond acceptors (Lipinski definition) is 5. The Balaban J connectivity index is 1.28. The molecule has 0 amide bonds. The molecule has 5 heteroatoms. The molecule has 3 heterocycles. The molecule has 1 aromatic heterocycles. The highest BCUT2D eigenvalue weighted by Gasteiger charge is 2.25. The van der Waals surface area contributed by atoms with Crippen molar-refractivity contribution in [2.45, 2.75) is 25.8 Å². The Morgan fingerprint density at radius 1 is 1.25 bits per heavy atom. The predicted molar refractivity (Wildman–Crippen MR) is 99.7 cm³/mol. The van der Waals surface area contributed by atoms with Gasteiger partial charge in [0, 0.05) is 51.8 Å². The third kappa shape index (κ3) is 3.80. The number of benzene rings is 1. The molecule has 2 aliphatic rings. The quantitative estimate of drug-likeness (QED) is 0.833. The lowest BCUT2D eigenvalue weighted by Crippen LogP contribution is -2.51. The predicted octanol–water partition coefficient (Wildman–Crippen LogP) is 2.88. The maximum atomic E-state index is 5.51. The standard InChI is InChI=1S/C19H27N3OS/c1-15(12-19-20-17-4-2-3-5-18(17)24-19)22-9-7-21(8-10-22)13-16-6-11-23-14-16/h2-5,15-16H,6-14H2,1H3/t15-,16+/m1/s1. The van der Waals surface area contributed by atoms with Gasteiger partial charge in [0.25, 0.3) is 0 Å². The van der Waals surface area contributed by atoms with Gasteiger partial charge in [-0.25, -0.2) is 4.98 Å². The van der Waals surface area contributed by atoms with E-state index in [1.165, 1.54) is 48.9 Å². The molecule has 0 N–H and O–H groups in total. The van der Waals surface area contributed by atoms with Crippen LogP contribution in [0.5, 0.6) is 0 Å². The van der Waals surface area contributed by atoms with Gasteiger partial charge in [0.05, 0.1) is 21.8 Å². The van der Waals surface area contributed by atoms with Crippen LogP contribution in [0.4, 0.5) is 0 Å². The molecule has 0 radical (unpaired) electrons. The van der Waals surface area contributed by atoms with Crippen molar-refractivity contribution < 1.29 is 4.74 Å². The first-order chi connectivity index (χ1) is 11.8. The van der Waals surface area contributed by atoms with Gasteiger partial charge in [-0.1, -0.05) is 12.1 Å². The molecule has 4 rings (SSSR count). The fourth-order valence-electron chi connectivity index (χ4n) is 3.87. The smallest absolute Gasteiger partial charge is 0.0954 e. The van der Waals surface area contributed by atoms with E-state index in [1.54, 1.807) is 0 Å². The Hall–Kier alpha value is -1.01. The number of piperazine rings is 1. The summed E-state index contributed by atoms with van der Waals surface area (Å²) in [6.45, 7) is 10.3. The van der Waals surface area contributed by atoms with Gasteiger partial charge < -0.3 is 9.64 Å². The van der Waals surface area contributed by atoms with E-state index in [9.17, 15) is 0 Å². The van der Waals surface area contributed by atoms with E-state index in [0.29, 0.717) is 6.04 Å². The zero-order valence-corrected chi connectivity index (χ0v) is 15.3. The number of hydrogen-bond donors (Lipinski definition) is 0. The lowest BCUT2D eigenvalue weighted by atomic mass is 10.1. The van der Waals surface area contributed by atoms with Gasteiger partial charge in [-0.3, -0.25) is 4.90 Å². The summed E-state index contributed by atoms with van der Waals surface area (Å²) in [7, 11) is 0. The van der Waals surface area contributed by atoms with Crippen LogP contribution in [0.25, 0.3) is 10.2 Å². The van der Waals surface area contributed by atoms with Crippen LogP contribution in [0.1, 0.15) is 18.4 Å². The average molecular weight is 346 g/mol. The van der Waals surface area contributed by atoms with Crippen LogP contribution in [0, 0.1) is 5.92 Å². The molecule has 2 aliphatic heterocycles. The second-order valence-electron chi connectivity index (χ2n) is 7.19. The fourth-order valence-corrected chi connectivity index (χ4v) is 4.96. The molecule has 0 bridgehead atoms. The molecule has 2 atom stereocenters. The summed E-state index contributed by atoms with van der Waals surface area (Å²) in [6.07, 6.45) is 2.31. The highest BCUT2D eigenvalue weighted by atomic mass is 32.1. The van der Waals surface area contributed by atoms with Crippen LogP contribution in [-0.4, -0.2) is 66.8 Å². The summed E-state index contributed by atoms with van der Waals surface area (Å²) >= 11 is 1.85. The van der Waals surface area contributed by atoms with Crippen molar-refractivity contribution in [2.75, 3.05) is 45.9 Å². The number of aromatic nitrogens is 1. The molecule has 0 unspecified atom stereocenters. The highest BCUT2D eigenvalue weighted by Crippen LogP contribution is 2.24. The van der Waals surface area contributed by atoms with Crippen molar-refractivity contribution >= 4 is 21.6 Å². The van der Waals surface area contributed by atoms with Crippen molar-refractivity contribution in [3.8, 4) is 0 Å². The van der Waals surface area contributed by atoms with Gasteiger partial charge >= 0.3 is 0 Å². The molecule has 0 aliphatic carbocycles. The Kier molecular flexibility index (Phi) is 5.13. The summed E-state index contributed by atoms with van der Waals surface area (Å²) in [5.41, 5.74) is 1.15. The van der Waals surface area contributed by atoms with Gasteiger partial charge in [0.2, 0.25) is 0 Å². The number of nitrogens with zero attached hydrogens (tertiary/aromatic N) is 3. The second kappa shape index (κ2) is 7.48. The number of thiazole rings is 1. The monoisotopic (exact) mass is 345 g/mol. The Labute approximate surface area is 148 Å². The molecule has 4 nitrogen and oxygen atoms in total. The van der Waals surface area contributed by atoms with E-state index in [-0.39, 0.29) is 0 Å². The third-order valence-corrected chi connectivity index (χ3v) is 6.44. The largest absolute Gasteiger partial charge is 0.381 e. The molecular formula is C19H27N3OS. The van der Waals surface area contributed by atoms with Crippen LogP contribution in [0.3, 0.4) is 0 Å². The Morgan fingerprint density at radius 3 is 2.83 bits per heavy atom. The lowest BCUT2D eigenvalue weighted by Gasteiger charge is -2.38. The molecule has 130 valence electrons.